The van der Waals surface area contributed by atoms with Gasteiger partial charge < -0.3 is 15.0 Å². The molecular weight excluding hydrogens is 500 g/mol. The average Bonchev–Trinajstić information content (AvgIpc) is 2.90. The predicted octanol–water partition coefficient (Wildman–Crippen LogP) is 6.25. The third-order valence-corrected chi connectivity index (χ3v) is 6.25. The number of aromatic nitrogens is 2. The van der Waals surface area contributed by atoms with E-state index in [1.54, 1.807) is 30.2 Å². The van der Waals surface area contributed by atoms with Gasteiger partial charge in [-0.2, -0.15) is 13.2 Å². The summed E-state index contributed by atoms with van der Waals surface area (Å²) >= 11 is 0. The Hall–Kier alpha value is -4.47. The number of hydrogen-bond donors (Lipinski definition) is 1. The first-order valence-electron chi connectivity index (χ1n) is 11.7. The van der Waals surface area contributed by atoms with Crippen LogP contribution in [0.5, 0.6) is 5.75 Å². The number of hydrogen-bond acceptors (Lipinski definition) is 5. The molecule has 1 amide bonds. The van der Waals surface area contributed by atoms with Crippen LogP contribution in [0.15, 0.2) is 73.1 Å². The van der Waals surface area contributed by atoms with Crippen molar-refractivity contribution in [2.24, 2.45) is 0 Å². The maximum Gasteiger partial charge on any atom is 0.416 e. The van der Waals surface area contributed by atoms with Gasteiger partial charge in [-0.25, -0.2) is 4.39 Å². The number of amides is 1. The van der Waals surface area contributed by atoms with E-state index >= 15 is 0 Å². The van der Waals surface area contributed by atoms with Crippen LogP contribution in [0, 0.1) is 5.82 Å². The van der Waals surface area contributed by atoms with Crippen molar-refractivity contribution in [1.29, 1.82) is 0 Å². The molecule has 0 aliphatic carbocycles. The van der Waals surface area contributed by atoms with Crippen LogP contribution in [-0.2, 0) is 19.1 Å². The van der Waals surface area contributed by atoms with Crippen LogP contribution >= 0.6 is 0 Å². The number of carbonyl (C=O) groups is 1. The minimum atomic E-state index is -4.68. The van der Waals surface area contributed by atoms with Crippen molar-refractivity contribution in [2.75, 3.05) is 19.0 Å². The fourth-order valence-electron chi connectivity index (χ4n) is 4.42. The lowest BCUT2D eigenvalue weighted by atomic mass is 9.96. The molecule has 0 radical (unpaired) electrons. The molecule has 3 heterocycles. The third kappa shape index (κ3) is 5.29. The first-order valence-corrected chi connectivity index (χ1v) is 11.7. The van der Waals surface area contributed by atoms with E-state index in [4.69, 9.17) is 4.74 Å². The van der Waals surface area contributed by atoms with Gasteiger partial charge in [-0.15, -0.1) is 0 Å². The lowest BCUT2D eigenvalue weighted by Gasteiger charge is -2.29. The maximum absolute atomic E-state index is 13.8. The lowest BCUT2D eigenvalue weighted by molar-refractivity contribution is -0.137. The number of benzene rings is 2. The number of halogens is 4. The highest BCUT2D eigenvalue weighted by Gasteiger charge is 2.31. The number of fused-ring (bicyclic) bond motifs is 1. The molecule has 194 valence electrons. The quantitative estimate of drug-likeness (QED) is 0.303. The Bertz CT molecular complexity index is 1490. The third-order valence-electron chi connectivity index (χ3n) is 6.25. The van der Waals surface area contributed by atoms with Crippen LogP contribution in [0.25, 0.3) is 11.4 Å². The Morgan fingerprint density at radius 3 is 2.47 bits per heavy atom. The summed E-state index contributed by atoms with van der Waals surface area (Å²) in [5, 5.41) is 2.81. The number of rotatable bonds is 6. The van der Waals surface area contributed by atoms with Crippen molar-refractivity contribution >= 4 is 17.3 Å². The molecule has 38 heavy (non-hydrogen) atoms. The van der Waals surface area contributed by atoms with Crippen LogP contribution in [0.2, 0.25) is 0 Å². The fraction of sp³-hybridized carbons (Fsp3) is 0.179. The second-order valence-electron chi connectivity index (χ2n) is 8.79. The molecule has 1 N–H and O–H groups in total. The van der Waals surface area contributed by atoms with Gasteiger partial charge in [-0.05, 0) is 66.1 Å². The minimum absolute atomic E-state index is 0.0538. The van der Waals surface area contributed by atoms with Crippen LogP contribution < -0.4 is 10.1 Å². The molecule has 0 spiro atoms. The van der Waals surface area contributed by atoms with E-state index in [0.29, 0.717) is 48.2 Å². The fourth-order valence-corrected chi connectivity index (χ4v) is 4.42. The number of nitrogens with one attached hydrogen (secondary N) is 1. The zero-order chi connectivity index (χ0) is 26.9. The zero-order valence-electron chi connectivity index (χ0n) is 20.2. The Morgan fingerprint density at radius 1 is 0.974 bits per heavy atom. The predicted molar refractivity (Wildman–Crippen MR) is 134 cm³/mol. The van der Waals surface area contributed by atoms with E-state index in [2.05, 4.69) is 15.3 Å². The Kier molecular flexibility index (Phi) is 6.71. The molecule has 2 aromatic heterocycles. The molecule has 1 aliphatic rings. The largest absolute Gasteiger partial charge is 0.497 e. The monoisotopic (exact) mass is 522 g/mol. The summed E-state index contributed by atoms with van der Waals surface area (Å²) in [7, 11) is 1.59. The highest BCUT2D eigenvalue weighted by Crippen LogP contribution is 2.33. The molecule has 0 saturated heterocycles. The van der Waals surface area contributed by atoms with Crippen LogP contribution in [0.1, 0.15) is 27.0 Å². The summed E-state index contributed by atoms with van der Waals surface area (Å²) in [5.74, 6) is -0.394. The van der Waals surface area contributed by atoms with Gasteiger partial charge in [-0.1, -0.05) is 12.1 Å². The molecule has 5 rings (SSSR count). The molecule has 1 aliphatic heterocycles. The van der Waals surface area contributed by atoms with Gasteiger partial charge in [0.05, 0.1) is 24.1 Å². The molecule has 0 unspecified atom stereocenters. The first kappa shape index (κ1) is 25.2. The van der Waals surface area contributed by atoms with Crippen molar-refractivity contribution in [1.82, 2.24) is 14.9 Å². The Balaban J connectivity index is 1.39. The van der Waals surface area contributed by atoms with Gasteiger partial charge in [0, 0.05) is 42.4 Å². The van der Waals surface area contributed by atoms with E-state index in [1.807, 2.05) is 24.3 Å². The van der Waals surface area contributed by atoms with Crippen molar-refractivity contribution < 1.29 is 27.1 Å². The van der Waals surface area contributed by atoms with Crippen molar-refractivity contribution in [2.45, 2.75) is 19.1 Å². The summed E-state index contributed by atoms with van der Waals surface area (Å²) in [6.07, 6.45) is -1.11. The maximum atomic E-state index is 13.8. The molecule has 4 aromatic rings. The topological polar surface area (TPSA) is 67.3 Å². The molecule has 6 nitrogen and oxygen atoms in total. The summed E-state index contributed by atoms with van der Waals surface area (Å²) in [6, 6.07) is 14.6. The van der Waals surface area contributed by atoms with Crippen molar-refractivity contribution in [3.8, 4) is 17.1 Å². The standard InChI is InChI=1S/C28H22F4N4O2/c1-38-22-4-2-17(3-5-22)16-36-11-8-23-24(27(36)37)7-10-34-26(23)25-15-20(6-9-33-25)35-21-13-18(28(30,31)32)12-19(29)14-21/h2-7,9-10,12-15H,8,11,16H2,1H3,(H,33,35). The number of alkyl halides is 3. The lowest BCUT2D eigenvalue weighted by Crippen LogP contribution is -2.37. The zero-order valence-corrected chi connectivity index (χ0v) is 20.2. The van der Waals surface area contributed by atoms with Crippen LogP contribution in [-0.4, -0.2) is 34.4 Å². The summed E-state index contributed by atoms with van der Waals surface area (Å²) in [6.45, 7) is 0.934. The van der Waals surface area contributed by atoms with Crippen molar-refractivity contribution in [3.63, 3.8) is 0 Å². The molecule has 2 aromatic carbocycles. The molecule has 0 atom stereocenters. The van der Waals surface area contributed by atoms with Gasteiger partial charge >= 0.3 is 6.18 Å². The number of nitrogens with zero attached hydrogens (tertiary/aromatic N) is 3. The van der Waals surface area contributed by atoms with E-state index in [1.165, 1.54) is 12.4 Å². The average molecular weight is 523 g/mol. The second kappa shape index (κ2) is 10.1. The van der Waals surface area contributed by atoms with Crippen molar-refractivity contribution in [3.05, 3.63) is 101 Å². The Labute approximate surface area is 215 Å². The van der Waals surface area contributed by atoms with Gasteiger partial charge in [0.1, 0.15) is 11.6 Å². The number of pyridine rings is 2. The number of ether oxygens (including phenoxy) is 1. The summed E-state index contributed by atoms with van der Waals surface area (Å²) in [4.78, 5) is 23.9. The van der Waals surface area contributed by atoms with E-state index < -0.39 is 17.6 Å². The highest BCUT2D eigenvalue weighted by molar-refractivity contribution is 5.98. The van der Waals surface area contributed by atoms with E-state index in [9.17, 15) is 22.4 Å². The summed E-state index contributed by atoms with van der Waals surface area (Å²) < 4.78 is 58.3. The van der Waals surface area contributed by atoms with Gasteiger partial charge in [0.15, 0.2) is 0 Å². The number of carbonyl (C=O) groups excluding carboxylic acids is 1. The highest BCUT2D eigenvalue weighted by atomic mass is 19.4. The molecular formula is C28H22F4N4O2. The first-order chi connectivity index (χ1) is 18.2. The molecule has 0 fully saturated rings. The molecule has 0 saturated carbocycles. The summed E-state index contributed by atoms with van der Waals surface area (Å²) in [5.41, 5.74) is 2.45. The smallest absolute Gasteiger partial charge is 0.416 e. The minimum Gasteiger partial charge on any atom is -0.497 e. The van der Waals surface area contributed by atoms with Gasteiger partial charge in [0.2, 0.25) is 0 Å². The second-order valence-corrected chi connectivity index (χ2v) is 8.79. The molecule has 0 bridgehead atoms. The van der Waals surface area contributed by atoms with Gasteiger partial charge in [0.25, 0.3) is 5.91 Å². The number of anilines is 2. The Morgan fingerprint density at radius 2 is 1.74 bits per heavy atom. The number of methoxy groups -OCH3 is 1. The molecule has 10 heteroatoms. The van der Waals surface area contributed by atoms with E-state index in [-0.39, 0.29) is 11.6 Å². The van der Waals surface area contributed by atoms with Crippen LogP contribution in [0.4, 0.5) is 28.9 Å². The van der Waals surface area contributed by atoms with E-state index in [0.717, 1.165) is 29.0 Å². The van der Waals surface area contributed by atoms with Crippen LogP contribution in [0.3, 0.4) is 0 Å². The van der Waals surface area contributed by atoms with Gasteiger partial charge in [-0.3, -0.25) is 14.8 Å². The normalized spacial score (nSPS) is 13.3. The SMILES string of the molecule is COc1ccc(CN2CCc3c(ccnc3-c3cc(Nc4cc(F)cc(C(F)(F)F)c4)ccn3)C2=O)cc1.